The number of hydrogen-bond donors (Lipinski definition) is 0. The van der Waals surface area contributed by atoms with Crippen molar-refractivity contribution in [3.05, 3.63) is 52.7 Å². The van der Waals surface area contributed by atoms with Gasteiger partial charge >= 0.3 is 0 Å². The molecule has 0 fully saturated rings. The summed E-state index contributed by atoms with van der Waals surface area (Å²) < 4.78 is 5.28. The van der Waals surface area contributed by atoms with Gasteiger partial charge in [0.25, 0.3) is 0 Å². The fraction of sp³-hybridized carbons (Fsp3) is 0.263. The van der Waals surface area contributed by atoms with Crippen LogP contribution in [0.5, 0.6) is 5.75 Å². The standard InChI is InChI=1S/C19H17ClN2O/c1-23-13-7-8-14-15(20)11-19(22-18(14)10-13)17-9-6-12-4-2-3-5-16(12)21-17/h6-11H,2-5H2,1H3. The molecule has 3 nitrogen and oxygen atoms in total. The molecule has 4 rings (SSSR count). The van der Waals surface area contributed by atoms with Crippen LogP contribution in [0.1, 0.15) is 24.1 Å². The summed E-state index contributed by atoms with van der Waals surface area (Å²) in [5.41, 5.74) is 5.10. The highest BCUT2D eigenvalue weighted by Gasteiger charge is 2.13. The summed E-state index contributed by atoms with van der Waals surface area (Å²) in [5, 5.41) is 1.61. The van der Waals surface area contributed by atoms with Gasteiger partial charge in [-0.1, -0.05) is 17.7 Å². The number of halogens is 1. The Morgan fingerprint density at radius 2 is 1.83 bits per heavy atom. The summed E-state index contributed by atoms with van der Waals surface area (Å²) in [5.74, 6) is 0.775. The lowest BCUT2D eigenvalue weighted by molar-refractivity contribution is 0.415. The van der Waals surface area contributed by atoms with Crippen molar-refractivity contribution in [2.75, 3.05) is 7.11 Å². The Labute approximate surface area is 140 Å². The normalized spacial score (nSPS) is 13.8. The Kier molecular flexibility index (Phi) is 3.66. The first-order chi connectivity index (χ1) is 11.2. The monoisotopic (exact) mass is 324 g/mol. The Hall–Kier alpha value is -2.13. The first kappa shape index (κ1) is 14.5. The van der Waals surface area contributed by atoms with Crippen LogP contribution in [0.15, 0.2) is 36.4 Å². The van der Waals surface area contributed by atoms with Crippen LogP contribution >= 0.6 is 11.6 Å². The number of pyridine rings is 2. The largest absolute Gasteiger partial charge is 0.497 e. The lowest BCUT2D eigenvalue weighted by atomic mass is 9.95. The smallest absolute Gasteiger partial charge is 0.121 e. The van der Waals surface area contributed by atoms with Crippen LogP contribution in [0.25, 0.3) is 22.3 Å². The lowest BCUT2D eigenvalue weighted by Crippen LogP contribution is -2.06. The third kappa shape index (κ3) is 2.66. The second kappa shape index (κ2) is 5.82. The van der Waals surface area contributed by atoms with Crippen LogP contribution in [-0.4, -0.2) is 17.1 Å². The SMILES string of the molecule is COc1ccc2c(Cl)cc(-c3ccc4c(n3)CCCC4)nc2c1. The molecule has 0 bridgehead atoms. The molecule has 0 amide bonds. The van der Waals surface area contributed by atoms with E-state index in [1.54, 1.807) is 7.11 Å². The van der Waals surface area contributed by atoms with Crippen molar-refractivity contribution in [3.63, 3.8) is 0 Å². The van der Waals surface area contributed by atoms with Crippen LogP contribution in [0.3, 0.4) is 0 Å². The van der Waals surface area contributed by atoms with Gasteiger partial charge in [0.05, 0.1) is 29.0 Å². The van der Waals surface area contributed by atoms with Gasteiger partial charge in [-0.25, -0.2) is 4.98 Å². The third-order valence-corrected chi connectivity index (χ3v) is 4.72. The van der Waals surface area contributed by atoms with Gasteiger partial charge in [0.1, 0.15) is 5.75 Å². The van der Waals surface area contributed by atoms with Crippen LogP contribution in [0.2, 0.25) is 5.02 Å². The maximum absolute atomic E-state index is 6.44. The van der Waals surface area contributed by atoms with Crippen molar-refractivity contribution >= 4 is 22.5 Å². The number of benzene rings is 1. The van der Waals surface area contributed by atoms with Gasteiger partial charge in [-0.05, 0) is 55.5 Å². The minimum absolute atomic E-state index is 0.687. The molecule has 1 aromatic carbocycles. The van der Waals surface area contributed by atoms with E-state index in [1.807, 2.05) is 24.3 Å². The van der Waals surface area contributed by atoms with Crippen molar-refractivity contribution in [3.8, 4) is 17.1 Å². The number of rotatable bonds is 2. The Bertz CT molecular complexity index is 892. The second-order valence-corrected chi connectivity index (χ2v) is 6.29. The number of methoxy groups -OCH3 is 1. The summed E-state index contributed by atoms with van der Waals surface area (Å²) in [6.45, 7) is 0. The first-order valence-corrected chi connectivity index (χ1v) is 8.26. The Morgan fingerprint density at radius 1 is 0.957 bits per heavy atom. The average molecular weight is 325 g/mol. The van der Waals surface area contributed by atoms with E-state index in [-0.39, 0.29) is 0 Å². The predicted molar refractivity (Wildman–Crippen MR) is 93.2 cm³/mol. The fourth-order valence-corrected chi connectivity index (χ4v) is 3.41. The molecule has 116 valence electrons. The highest BCUT2D eigenvalue weighted by atomic mass is 35.5. The Morgan fingerprint density at radius 3 is 2.70 bits per heavy atom. The number of hydrogen-bond acceptors (Lipinski definition) is 3. The molecule has 0 N–H and O–H groups in total. The second-order valence-electron chi connectivity index (χ2n) is 5.88. The summed E-state index contributed by atoms with van der Waals surface area (Å²) >= 11 is 6.44. The van der Waals surface area contributed by atoms with Gasteiger partial charge in [0, 0.05) is 17.1 Å². The molecular weight excluding hydrogens is 308 g/mol. The van der Waals surface area contributed by atoms with Crippen LogP contribution in [0, 0.1) is 0 Å². The fourth-order valence-electron chi connectivity index (χ4n) is 3.15. The van der Waals surface area contributed by atoms with Crippen molar-refractivity contribution in [2.45, 2.75) is 25.7 Å². The summed E-state index contributed by atoms with van der Waals surface area (Å²) in [6, 6.07) is 11.9. The zero-order chi connectivity index (χ0) is 15.8. The van der Waals surface area contributed by atoms with Crippen molar-refractivity contribution in [1.29, 1.82) is 0 Å². The molecule has 1 aliphatic rings. The van der Waals surface area contributed by atoms with Gasteiger partial charge in [-0.3, -0.25) is 4.98 Å². The third-order valence-electron chi connectivity index (χ3n) is 4.41. The Balaban J connectivity index is 1.85. The van der Waals surface area contributed by atoms with Gasteiger partial charge in [0.15, 0.2) is 0 Å². The van der Waals surface area contributed by atoms with Crippen LogP contribution in [0.4, 0.5) is 0 Å². The van der Waals surface area contributed by atoms with E-state index < -0.39 is 0 Å². The van der Waals surface area contributed by atoms with Gasteiger partial charge in [0.2, 0.25) is 0 Å². The lowest BCUT2D eigenvalue weighted by Gasteiger charge is -2.15. The van der Waals surface area contributed by atoms with E-state index in [0.717, 1.165) is 40.9 Å². The molecule has 0 radical (unpaired) electrons. The molecule has 1 aliphatic carbocycles. The highest BCUT2D eigenvalue weighted by Crippen LogP contribution is 2.30. The quantitative estimate of drug-likeness (QED) is 0.676. The molecular formula is C19H17ClN2O. The van der Waals surface area contributed by atoms with Gasteiger partial charge in [-0.15, -0.1) is 0 Å². The molecule has 0 spiro atoms. The number of ether oxygens (including phenoxy) is 1. The first-order valence-electron chi connectivity index (χ1n) is 7.88. The summed E-state index contributed by atoms with van der Waals surface area (Å²) in [6.07, 6.45) is 4.66. The highest BCUT2D eigenvalue weighted by molar-refractivity contribution is 6.35. The van der Waals surface area contributed by atoms with E-state index in [4.69, 9.17) is 26.3 Å². The van der Waals surface area contributed by atoms with E-state index in [2.05, 4.69) is 12.1 Å². The van der Waals surface area contributed by atoms with Crippen molar-refractivity contribution in [2.24, 2.45) is 0 Å². The predicted octanol–water partition coefficient (Wildman–Crippen LogP) is 4.84. The molecule has 23 heavy (non-hydrogen) atoms. The van der Waals surface area contributed by atoms with Crippen molar-refractivity contribution < 1.29 is 4.74 Å². The molecule has 0 saturated heterocycles. The van der Waals surface area contributed by atoms with E-state index >= 15 is 0 Å². The maximum Gasteiger partial charge on any atom is 0.121 e. The molecule has 3 aromatic rings. The average Bonchev–Trinajstić information content (AvgIpc) is 2.60. The molecule has 0 unspecified atom stereocenters. The van der Waals surface area contributed by atoms with Crippen LogP contribution in [-0.2, 0) is 12.8 Å². The molecule has 0 aliphatic heterocycles. The molecule has 0 saturated carbocycles. The minimum atomic E-state index is 0.687. The van der Waals surface area contributed by atoms with Crippen LogP contribution < -0.4 is 4.74 Å². The van der Waals surface area contributed by atoms with E-state index in [0.29, 0.717) is 5.02 Å². The zero-order valence-electron chi connectivity index (χ0n) is 13.0. The molecule has 0 atom stereocenters. The summed E-state index contributed by atoms with van der Waals surface area (Å²) in [4.78, 5) is 9.56. The number of aromatic nitrogens is 2. The molecule has 2 heterocycles. The van der Waals surface area contributed by atoms with Gasteiger partial charge < -0.3 is 4.74 Å². The molecule has 2 aromatic heterocycles. The zero-order valence-corrected chi connectivity index (χ0v) is 13.7. The van der Waals surface area contributed by atoms with E-state index in [1.165, 1.54) is 24.1 Å². The van der Waals surface area contributed by atoms with E-state index in [9.17, 15) is 0 Å². The van der Waals surface area contributed by atoms with Crippen molar-refractivity contribution in [1.82, 2.24) is 9.97 Å². The number of aryl methyl sites for hydroxylation is 2. The number of nitrogens with zero attached hydrogens (tertiary/aromatic N) is 2. The minimum Gasteiger partial charge on any atom is -0.497 e. The molecule has 4 heteroatoms. The van der Waals surface area contributed by atoms with Gasteiger partial charge in [-0.2, -0.15) is 0 Å². The number of fused-ring (bicyclic) bond motifs is 2. The maximum atomic E-state index is 6.44. The topological polar surface area (TPSA) is 35.0 Å². The summed E-state index contributed by atoms with van der Waals surface area (Å²) in [7, 11) is 1.65.